The standard InChI is InChI=1S/C2H2FN3O/c3-2(7)1-5-6-4/h1H2. The fourth-order valence-electron chi connectivity index (χ4n) is 0.0872. The predicted octanol–water partition coefficient (Wildman–Crippen LogP) is 0.793. The van der Waals surface area contributed by atoms with Gasteiger partial charge in [-0.1, -0.05) is 5.11 Å². The SMILES string of the molecule is [N-]=[N+]=NCC(=O)F. The first kappa shape index (κ1) is 5.91. The van der Waals surface area contributed by atoms with E-state index in [-0.39, 0.29) is 0 Å². The molecule has 0 radical (unpaired) electrons. The molecule has 0 aliphatic rings. The van der Waals surface area contributed by atoms with Crippen LogP contribution in [0.3, 0.4) is 0 Å². The summed E-state index contributed by atoms with van der Waals surface area (Å²) in [6.07, 6.45) is 0. The van der Waals surface area contributed by atoms with Gasteiger partial charge in [0.25, 0.3) is 0 Å². The van der Waals surface area contributed by atoms with Crippen LogP contribution in [0.25, 0.3) is 10.4 Å². The Morgan fingerprint density at radius 2 is 2.57 bits per heavy atom. The Kier molecular flexibility index (Phi) is 2.63. The van der Waals surface area contributed by atoms with Crippen molar-refractivity contribution in [2.24, 2.45) is 5.11 Å². The Balaban J connectivity index is 3.32. The van der Waals surface area contributed by atoms with Crippen LogP contribution >= 0.6 is 0 Å². The van der Waals surface area contributed by atoms with Crippen molar-refractivity contribution in [3.05, 3.63) is 10.4 Å². The Morgan fingerprint density at radius 1 is 2.00 bits per heavy atom. The van der Waals surface area contributed by atoms with E-state index in [1.54, 1.807) is 0 Å². The summed E-state index contributed by atoms with van der Waals surface area (Å²) in [5, 5.41) is 2.63. The van der Waals surface area contributed by atoms with Crippen molar-refractivity contribution in [1.29, 1.82) is 0 Å². The highest BCUT2D eigenvalue weighted by Gasteiger charge is 1.89. The lowest BCUT2D eigenvalue weighted by Gasteiger charge is -1.69. The third kappa shape index (κ3) is 4.91. The van der Waals surface area contributed by atoms with E-state index < -0.39 is 12.6 Å². The molecule has 0 aromatic rings. The van der Waals surface area contributed by atoms with E-state index >= 15 is 0 Å². The van der Waals surface area contributed by atoms with Gasteiger partial charge in [-0.3, -0.25) is 4.79 Å². The number of hydrogen-bond acceptors (Lipinski definition) is 2. The quantitative estimate of drug-likeness (QED) is 0.220. The molecule has 0 saturated carbocycles. The zero-order valence-corrected chi connectivity index (χ0v) is 3.33. The molecule has 0 aromatic carbocycles. The van der Waals surface area contributed by atoms with E-state index in [4.69, 9.17) is 5.53 Å². The second kappa shape index (κ2) is 3.11. The summed E-state index contributed by atoms with van der Waals surface area (Å²) in [6, 6.07) is -1.61. The van der Waals surface area contributed by atoms with Crippen molar-refractivity contribution in [3.8, 4) is 0 Å². The van der Waals surface area contributed by atoms with Crippen LogP contribution in [0, 0.1) is 0 Å². The summed E-state index contributed by atoms with van der Waals surface area (Å²) >= 11 is 0. The number of halogens is 1. The highest BCUT2D eigenvalue weighted by Crippen LogP contribution is 1.73. The minimum absolute atomic E-state index is 0.698. The van der Waals surface area contributed by atoms with Crippen molar-refractivity contribution in [1.82, 2.24) is 0 Å². The lowest BCUT2D eigenvalue weighted by Crippen LogP contribution is -1.88. The second-order valence-corrected chi connectivity index (χ2v) is 0.744. The lowest BCUT2D eigenvalue weighted by atomic mass is 10.7. The van der Waals surface area contributed by atoms with Gasteiger partial charge in [0, 0.05) is 4.91 Å². The van der Waals surface area contributed by atoms with Gasteiger partial charge in [-0.05, 0) is 5.53 Å². The predicted molar refractivity (Wildman–Crippen MR) is 20.1 cm³/mol. The highest BCUT2D eigenvalue weighted by molar-refractivity contribution is 5.70. The molecule has 0 amide bonds. The van der Waals surface area contributed by atoms with E-state index in [9.17, 15) is 9.18 Å². The summed E-state index contributed by atoms with van der Waals surface area (Å²) < 4.78 is 11.0. The summed E-state index contributed by atoms with van der Waals surface area (Å²) in [6.45, 7) is -0.698. The Morgan fingerprint density at radius 3 is 2.71 bits per heavy atom. The maximum Gasteiger partial charge on any atom is 0.307 e. The van der Waals surface area contributed by atoms with Crippen LogP contribution in [0.5, 0.6) is 0 Å². The maximum absolute atomic E-state index is 11.0. The minimum Gasteiger partial charge on any atom is -0.261 e. The molecule has 0 bridgehead atoms. The van der Waals surface area contributed by atoms with Gasteiger partial charge < -0.3 is 0 Å². The molecule has 0 aromatic heterocycles. The fourth-order valence-corrected chi connectivity index (χ4v) is 0.0872. The zero-order valence-electron chi connectivity index (χ0n) is 3.33. The molecule has 0 unspecified atom stereocenters. The molecule has 0 spiro atoms. The van der Waals surface area contributed by atoms with E-state index in [0.29, 0.717) is 0 Å². The molecule has 0 fully saturated rings. The van der Waals surface area contributed by atoms with Crippen molar-refractivity contribution in [2.45, 2.75) is 0 Å². The second-order valence-electron chi connectivity index (χ2n) is 0.744. The normalized spacial score (nSPS) is 7.00. The van der Waals surface area contributed by atoms with Crippen LogP contribution in [0.1, 0.15) is 0 Å². The van der Waals surface area contributed by atoms with Crippen LogP contribution in [-0.4, -0.2) is 12.6 Å². The highest BCUT2D eigenvalue weighted by atomic mass is 19.1. The van der Waals surface area contributed by atoms with Gasteiger partial charge in [-0.25, -0.2) is 0 Å². The number of azide groups is 1. The van der Waals surface area contributed by atoms with Crippen LogP contribution in [0.15, 0.2) is 5.11 Å². The summed E-state index contributed by atoms with van der Waals surface area (Å²) in [5.74, 6) is 0. The molecule has 5 heteroatoms. The van der Waals surface area contributed by atoms with Gasteiger partial charge in [0.15, 0.2) is 0 Å². The molecule has 0 aliphatic carbocycles. The van der Waals surface area contributed by atoms with E-state index in [1.165, 1.54) is 0 Å². The van der Waals surface area contributed by atoms with Crippen LogP contribution in [-0.2, 0) is 4.79 Å². The summed E-state index contributed by atoms with van der Waals surface area (Å²) in [4.78, 5) is 11.4. The van der Waals surface area contributed by atoms with Crippen molar-refractivity contribution in [3.63, 3.8) is 0 Å². The largest absolute Gasteiger partial charge is 0.307 e. The van der Waals surface area contributed by atoms with Gasteiger partial charge in [0.2, 0.25) is 0 Å². The van der Waals surface area contributed by atoms with Crippen molar-refractivity contribution in [2.75, 3.05) is 6.54 Å². The Labute approximate surface area is 38.6 Å². The van der Waals surface area contributed by atoms with E-state index in [2.05, 4.69) is 10.0 Å². The van der Waals surface area contributed by atoms with E-state index in [0.717, 1.165) is 0 Å². The van der Waals surface area contributed by atoms with Crippen LogP contribution in [0.4, 0.5) is 4.39 Å². The number of carbonyl (C=O) groups is 1. The fraction of sp³-hybridized carbons (Fsp3) is 0.500. The topological polar surface area (TPSA) is 65.8 Å². The number of rotatable bonds is 2. The lowest BCUT2D eigenvalue weighted by molar-refractivity contribution is -0.127. The third-order valence-corrected chi connectivity index (χ3v) is 0.258. The summed E-state index contributed by atoms with van der Waals surface area (Å²) in [7, 11) is 0. The van der Waals surface area contributed by atoms with Gasteiger partial charge in [0.05, 0.1) is 0 Å². The van der Waals surface area contributed by atoms with Crippen LogP contribution < -0.4 is 0 Å². The average molecular weight is 103 g/mol. The first-order chi connectivity index (χ1) is 3.27. The Hall–Kier alpha value is -1.09. The number of nitrogens with zero attached hydrogens (tertiary/aromatic N) is 3. The van der Waals surface area contributed by atoms with Gasteiger partial charge >= 0.3 is 6.04 Å². The maximum atomic E-state index is 11.0. The first-order valence-electron chi connectivity index (χ1n) is 1.46. The van der Waals surface area contributed by atoms with Crippen LogP contribution in [0.2, 0.25) is 0 Å². The molecule has 0 saturated heterocycles. The monoisotopic (exact) mass is 103 g/mol. The summed E-state index contributed by atoms with van der Waals surface area (Å²) in [5.41, 5.74) is 7.45. The third-order valence-electron chi connectivity index (χ3n) is 0.258. The molecule has 0 atom stereocenters. The molecule has 0 rings (SSSR count). The van der Waals surface area contributed by atoms with Gasteiger partial charge in [0.1, 0.15) is 6.54 Å². The number of carbonyl (C=O) groups excluding carboxylic acids is 1. The molecule has 0 aliphatic heterocycles. The molecule has 38 valence electrons. The molecule has 4 nitrogen and oxygen atoms in total. The smallest absolute Gasteiger partial charge is 0.261 e. The zero-order chi connectivity index (χ0) is 5.70. The van der Waals surface area contributed by atoms with Crippen molar-refractivity contribution < 1.29 is 9.18 Å². The van der Waals surface area contributed by atoms with Crippen molar-refractivity contribution >= 4 is 6.04 Å². The van der Waals surface area contributed by atoms with E-state index in [1.807, 2.05) is 0 Å². The average Bonchev–Trinajstić information content (AvgIpc) is 1.61. The Bertz CT molecular complexity index is 116. The molecule has 7 heavy (non-hydrogen) atoms. The number of hydrogen-bond donors (Lipinski definition) is 0. The first-order valence-corrected chi connectivity index (χ1v) is 1.46. The van der Waals surface area contributed by atoms with Gasteiger partial charge in [-0.15, -0.1) is 0 Å². The molecule has 0 heterocycles. The minimum atomic E-state index is -1.61. The molecular formula is C2H2FN3O. The van der Waals surface area contributed by atoms with Gasteiger partial charge in [-0.2, -0.15) is 4.39 Å². The molecule has 0 N–H and O–H groups in total. The molecular weight excluding hydrogens is 101 g/mol.